The molecule has 0 aliphatic carbocycles. The van der Waals surface area contributed by atoms with Crippen LogP contribution in [0.25, 0.3) is 11.1 Å². The fourth-order valence-electron chi connectivity index (χ4n) is 3.75. The first-order valence-electron chi connectivity index (χ1n) is 9.47. The van der Waals surface area contributed by atoms with Gasteiger partial charge in [0.2, 0.25) is 0 Å². The van der Waals surface area contributed by atoms with Crippen molar-refractivity contribution in [1.29, 1.82) is 0 Å². The molecule has 1 aliphatic rings. The van der Waals surface area contributed by atoms with Gasteiger partial charge in [0.1, 0.15) is 11.3 Å². The van der Waals surface area contributed by atoms with Crippen molar-refractivity contribution in [2.75, 3.05) is 38.6 Å². The van der Waals surface area contributed by atoms with Crippen molar-refractivity contribution in [1.82, 2.24) is 19.4 Å². The van der Waals surface area contributed by atoms with Crippen molar-refractivity contribution in [3.63, 3.8) is 0 Å². The Balaban J connectivity index is 1.38. The van der Waals surface area contributed by atoms with Crippen LogP contribution in [0.5, 0.6) is 0 Å². The number of nitrogens with zero attached hydrogens (tertiary/aromatic N) is 5. The number of oxazole rings is 1. The first-order chi connectivity index (χ1) is 12.7. The highest BCUT2D eigenvalue weighted by molar-refractivity contribution is 5.74. The lowest BCUT2D eigenvalue weighted by Gasteiger charge is -2.30. The van der Waals surface area contributed by atoms with E-state index in [2.05, 4.69) is 44.6 Å². The quantitative estimate of drug-likeness (QED) is 0.680. The standard InChI is InChI=1S/C20H27N5O/c1-23(2)11-5-12-24-15-10-21-19(24)16-8-13-25(14-9-16)20-22-17-6-3-4-7-18(17)26-20/h3-4,6-7,10,15-16H,5,8-9,11-14H2,1-2H3. The molecule has 1 saturated heterocycles. The predicted molar refractivity (Wildman–Crippen MR) is 104 cm³/mol. The van der Waals surface area contributed by atoms with Crippen molar-refractivity contribution in [3.8, 4) is 0 Å². The summed E-state index contributed by atoms with van der Waals surface area (Å²) in [4.78, 5) is 13.8. The summed E-state index contributed by atoms with van der Waals surface area (Å²) >= 11 is 0. The lowest BCUT2D eigenvalue weighted by molar-refractivity contribution is 0.379. The van der Waals surface area contributed by atoms with Crippen LogP contribution in [0.2, 0.25) is 0 Å². The molecule has 3 heterocycles. The van der Waals surface area contributed by atoms with E-state index in [9.17, 15) is 0 Å². The average Bonchev–Trinajstić information content (AvgIpc) is 3.28. The van der Waals surface area contributed by atoms with Crippen LogP contribution in [-0.4, -0.2) is 53.2 Å². The molecule has 0 unspecified atom stereocenters. The number of aryl methyl sites for hydroxylation is 1. The van der Waals surface area contributed by atoms with Crippen LogP contribution in [0.3, 0.4) is 0 Å². The number of aromatic nitrogens is 3. The molecule has 0 amide bonds. The topological polar surface area (TPSA) is 50.3 Å². The maximum absolute atomic E-state index is 5.92. The van der Waals surface area contributed by atoms with E-state index in [-0.39, 0.29) is 0 Å². The number of imidazole rings is 1. The van der Waals surface area contributed by atoms with E-state index in [1.807, 2.05) is 30.5 Å². The number of anilines is 1. The van der Waals surface area contributed by atoms with Crippen molar-refractivity contribution >= 4 is 17.1 Å². The van der Waals surface area contributed by atoms with Crippen LogP contribution in [0.1, 0.15) is 31.0 Å². The maximum Gasteiger partial charge on any atom is 0.298 e. The number of fused-ring (bicyclic) bond motifs is 1. The first-order valence-corrected chi connectivity index (χ1v) is 9.47. The van der Waals surface area contributed by atoms with Crippen LogP contribution in [-0.2, 0) is 6.54 Å². The molecule has 6 nitrogen and oxygen atoms in total. The highest BCUT2D eigenvalue weighted by Crippen LogP contribution is 2.30. The second-order valence-corrected chi connectivity index (χ2v) is 7.36. The van der Waals surface area contributed by atoms with E-state index in [1.54, 1.807) is 0 Å². The van der Waals surface area contributed by atoms with Gasteiger partial charge in [-0.3, -0.25) is 0 Å². The molecule has 1 fully saturated rings. The van der Waals surface area contributed by atoms with Gasteiger partial charge in [-0.1, -0.05) is 12.1 Å². The lowest BCUT2D eigenvalue weighted by Crippen LogP contribution is -2.34. The number of benzene rings is 1. The lowest BCUT2D eigenvalue weighted by atomic mass is 9.96. The molecule has 0 atom stereocenters. The first kappa shape index (κ1) is 17.1. The van der Waals surface area contributed by atoms with Crippen molar-refractivity contribution < 1.29 is 4.42 Å². The maximum atomic E-state index is 5.92. The van der Waals surface area contributed by atoms with Gasteiger partial charge in [0.05, 0.1) is 0 Å². The van der Waals surface area contributed by atoms with Gasteiger partial charge >= 0.3 is 0 Å². The van der Waals surface area contributed by atoms with Gasteiger partial charge in [0.15, 0.2) is 5.58 Å². The molecule has 138 valence electrons. The third-order valence-corrected chi connectivity index (χ3v) is 5.17. The smallest absolute Gasteiger partial charge is 0.298 e. The Hall–Kier alpha value is -2.34. The zero-order chi connectivity index (χ0) is 17.9. The van der Waals surface area contributed by atoms with Gasteiger partial charge in [0, 0.05) is 37.9 Å². The Kier molecular flexibility index (Phi) is 4.93. The molecule has 1 aliphatic heterocycles. The Morgan fingerprint density at radius 3 is 2.77 bits per heavy atom. The van der Waals surface area contributed by atoms with Gasteiger partial charge in [-0.05, 0) is 52.0 Å². The number of hydrogen-bond donors (Lipinski definition) is 0. The van der Waals surface area contributed by atoms with Crippen LogP contribution >= 0.6 is 0 Å². The summed E-state index contributed by atoms with van der Waals surface area (Å²) in [5, 5.41) is 0. The van der Waals surface area contributed by atoms with Gasteiger partial charge in [0.25, 0.3) is 6.01 Å². The normalized spacial score (nSPS) is 16.0. The Morgan fingerprint density at radius 2 is 2.00 bits per heavy atom. The summed E-state index contributed by atoms with van der Waals surface area (Å²) in [5.74, 6) is 1.76. The summed E-state index contributed by atoms with van der Waals surface area (Å²) in [6, 6.07) is 8.71. The van der Waals surface area contributed by atoms with Crippen LogP contribution in [0, 0.1) is 0 Å². The fourth-order valence-corrected chi connectivity index (χ4v) is 3.75. The van der Waals surface area contributed by atoms with E-state index in [4.69, 9.17) is 4.42 Å². The van der Waals surface area contributed by atoms with Gasteiger partial charge in [-0.25, -0.2) is 4.98 Å². The third-order valence-electron chi connectivity index (χ3n) is 5.17. The summed E-state index contributed by atoms with van der Waals surface area (Å²) < 4.78 is 8.26. The SMILES string of the molecule is CN(C)CCCn1ccnc1C1CCN(c2nc3ccccc3o2)CC1. The molecule has 2 aromatic heterocycles. The van der Waals surface area contributed by atoms with E-state index in [1.165, 1.54) is 5.82 Å². The molecule has 0 radical (unpaired) electrons. The minimum Gasteiger partial charge on any atom is -0.423 e. The van der Waals surface area contributed by atoms with E-state index in [0.717, 1.165) is 62.6 Å². The molecule has 0 N–H and O–H groups in total. The second kappa shape index (κ2) is 7.50. The Morgan fingerprint density at radius 1 is 1.19 bits per heavy atom. The van der Waals surface area contributed by atoms with Crippen LogP contribution in [0.15, 0.2) is 41.1 Å². The second-order valence-electron chi connectivity index (χ2n) is 7.36. The summed E-state index contributed by atoms with van der Waals surface area (Å²) in [6.07, 6.45) is 7.39. The predicted octanol–water partition coefficient (Wildman–Crippen LogP) is 3.36. The highest BCUT2D eigenvalue weighted by Gasteiger charge is 2.26. The zero-order valence-electron chi connectivity index (χ0n) is 15.6. The molecule has 26 heavy (non-hydrogen) atoms. The molecule has 0 spiro atoms. The summed E-state index contributed by atoms with van der Waals surface area (Å²) in [7, 11) is 4.24. The van der Waals surface area contributed by atoms with E-state index in [0.29, 0.717) is 5.92 Å². The van der Waals surface area contributed by atoms with Gasteiger partial charge in [-0.15, -0.1) is 0 Å². The molecule has 6 heteroatoms. The number of rotatable bonds is 6. The molecular formula is C20H27N5O. The minimum absolute atomic E-state index is 0.519. The van der Waals surface area contributed by atoms with Crippen molar-refractivity contribution in [2.24, 2.45) is 0 Å². The number of piperidine rings is 1. The van der Waals surface area contributed by atoms with Crippen LogP contribution < -0.4 is 4.90 Å². The van der Waals surface area contributed by atoms with Gasteiger partial charge < -0.3 is 18.8 Å². The molecule has 0 bridgehead atoms. The van der Waals surface area contributed by atoms with Gasteiger partial charge in [-0.2, -0.15) is 4.98 Å². The monoisotopic (exact) mass is 353 g/mol. The molecule has 3 aromatic rings. The average molecular weight is 353 g/mol. The Labute approximate surface area is 154 Å². The Bertz CT molecular complexity index is 812. The molecule has 4 rings (SSSR count). The molecule has 0 saturated carbocycles. The summed E-state index contributed by atoms with van der Waals surface area (Å²) in [6.45, 7) is 4.07. The summed E-state index contributed by atoms with van der Waals surface area (Å²) in [5.41, 5.74) is 1.79. The third kappa shape index (κ3) is 3.60. The highest BCUT2D eigenvalue weighted by atomic mass is 16.4. The fraction of sp³-hybridized carbons (Fsp3) is 0.500. The van der Waals surface area contributed by atoms with Crippen molar-refractivity contribution in [2.45, 2.75) is 31.7 Å². The van der Waals surface area contributed by atoms with Crippen LogP contribution in [0.4, 0.5) is 6.01 Å². The molecule has 1 aromatic carbocycles. The van der Waals surface area contributed by atoms with E-state index >= 15 is 0 Å². The van der Waals surface area contributed by atoms with Crippen molar-refractivity contribution in [3.05, 3.63) is 42.5 Å². The zero-order valence-corrected chi connectivity index (χ0v) is 15.6. The minimum atomic E-state index is 0.519. The number of para-hydroxylation sites is 2. The largest absolute Gasteiger partial charge is 0.423 e. The molecular weight excluding hydrogens is 326 g/mol. The number of hydrogen-bond acceptors (Lipinski definition) is 5. The van der Waals surface area contributed by atoms with E-state index < -0.39 is 0 Å².